The van der Waals surface area contributed by atoms with Crippen molar-refractivity contribution in [3.05, 3.63) is 57.8 Å². The lowest BCUT2D eigenvalue weighted by Crippen LogP contribution is -2.51. The average molecular weight is 461 g/mol. The highest BCUT2D eigenvalue weighted by atomic mass is 35.5. The van der Waals surface area contributed by atoms with Crippen molar-refractivity contribution < 1.29 is 9.59 Å². The molecule has 2 aliphatic rings. The van der Waals surface area contributed by atoms with Crippen molar-refractivity contribution in [2.24, 2.45) is 5.92 Å². The quantitative estimate of drug-likeness (QED) is 0.637. The number of anilines is 1. The molecule has 2 aliphatic heterocycles. The first kappa shape index (κ1) is 22.1. The minimum Gasteiger partial charge on any atom is -0.352 e. The number of carbonyl (C=O) groups is 2. The van der Waals surface area contributed by atoms with Crippen LogP contribution in [0, 0.1) is 5.92 Å². The first-order chi connectivity index (χ1) is 15.0. The maximum absolute atomic E-state index is 12.6. The molecule has 4 rings (SSSR count). The zero-order valence-electron chi connectivity index (χ0n) is 17.2. The molecule has 1 aromatic heterocycles. The van der Waals surface area contributed by atoms with E-state index in [2.05, 4.69) is 20.5 Å². The van der Waals surface area contributed by atoms with Gasteiger partial charge in [-0.05, 0) is 81.1 Å². The van der Waals surface area contributed by atoms with Crippen LogP contribution in [0.25, 0.3) is 0 Å². The number of hydrogen-bond donors (Lipinski definition) is 2. The fourth-order valence-electron chi connectivity index (χ4n) is 4.63. The van der Waals surface area contributed by atoms with E-state index in [1.54, 1.807) is 24.3 Å². The van der Waals surface area contributed by atoms with E-state index in [0.717, 1.165) is 0 Å². The van der Waals surface area contributed by atoms with Gasteiger partial charge in [-0.15, -0.1) is 0 Å². The van der Waals surface area contributed by atoms with Gasteiger partial charge in [0.25, 0.3) is 11.8 Å². The highest BCUT2D eigenvalue weighted by Crippen LogP contribution is 2.30. The van der Waals surface area contributed by atoms with E-state index in [9.17, 15) is 9.59 Å². The molecule has 1 aromatic carbocycles. The molecule has 164 valence electrons. The molecule has 2 aromatic rings. The summed E-state index contributed by atoms with van der Waals surface area (Å²) in [6.45, 7) is 3.10. The minimum absolute atomic E-state index is 0.0419. The number of aromatic nitrogens is 1. The topological polar surface area (TPSA) is 74.3 Å². The highest BCUT2D eigenvalue weighted by molar-refractivity contribution is 6.35. The molecular formula is C23H26Cl2N4O2. The van der Waals surface area contributed by atoms with E-state index in [1.165, 1.54) is 57.3 Å². The van der Waals surface area contributed by atoms with Crippen molar-refractivity contribution in [3.8, 4) is 0 Å². The SMILES string of the molecule is O=C(NC[C@@H]1CCCN2CCCC[C@H]12)c1ccc(NC(=O)c2ccc(Cl)nc2Cl)cc1. The standard InChI is InChI=1S/C23H26Cl2N4O2/c24-20-11-10-18(21(25)28-20)23(31)27-17-8-6-15(7-9-17)22(30)26-14-16-4-3-13-29-12-2-1-5-19(16)29/h6-11,16,19H,1-5,12-14H2,(H,26,30)(H,27,31)/t16-,19+/m0/s1. The van der Waals surface area contributed by atoms with Crippen molar-refractivity contribution in [2.45, 2.75) is 38.1 Å². The van der Waals surface area contributed by atoms with Crippen molar-refractivity contribution in [3.63, 3.8) is 0 Å². The number of amides is 2. The summed E-state index contributed by atoms with van der Waals surface area (Å²) >= 11 is 11.8. The summed E-state index contributed by atoms with van der Waals surface area (Å²) in [5.41, 5.74) is 1.37. The average Bonchev–Trinajstić information content (AvgIpc) is 2.78. The Bertz CT molecular complexity index is 949. The number of rotatable bonds is 5. The van der Waals surface area contributed by atoms with E-state index < -0.39 is 0 Å². The normalized spacial score (nSPS) is 21.2. The molecule has 6 nitrogen and oxygen atoms in total. The molecular weight excluding hydrogens is 435 g/mol. The molecule has 2 amide bonds. The second-order valence-corrected chi connectivity index (χ2v) is 8.96. The van der Waals surface area contributed by atoms with Crippen LogP contribution in [0.1, 0.15) is 52.8 Å². The number of pyridine rings is 1. The van der Waals surface area contributed by atoms with Crippen molar-refractivity contribution in [1.82, 2.24) is 15.2 Å². The lowest BCUT2D eigenvalue weighted by atomic mass is 9.83. The first-order valence-corrected chi connectivity index (χ1v) is 11.5. The van der Waals surface area contributed by atoms with Gasteiger partial charge in [0.2, 0.25) is 0 Å². The van der Waals surface area contributed by atoms with Crippen LogP contribution in [0.5, 0.6) is 0 Å². The number of piperidine rings is 2. The Hall–Kier alpha value is -2.15. The second kappa shape index (κ2) is 9.98. The summed E-state index contributed by atoms with van der Waals surface area (Å²) in [5, 5.41) is 6.13. The smallest absolute Gasteiger partial charge is 0.258 e. The predicted molar refractivity (Wildman–Crippen MR) is 123 cm³/mol. The van der Waals surface area contributed by atoms with E-state index >= 15 is 0 Å². The number of fused-ring (bicyclic) bond motifs is 1. The molecule has 8 heteroatoms. The van der Waals surface area contributed by atoms with Crippen LogP contribution in [0.15, 0.2) is 36.4 Å². The third kappa shape index (κ3) is 5.37. The van der Waals surface area contributed by atoms with Gasteiger partial charge >= 0.3 is 0 Å². The van der Waals surface area contributed by atoms with Gasteiger partial charge < -0.3 is 15.5 Å². The molecule has 2 fully saturated rings. The summed E-state index contributed by atoms with van der Waals surface area (Å²) in [4.78, 5) is 31.5. The third-order valence-corrected chi connectivity index (χ3v) is 6.72. The van der Waals surface area contributed by atoms with Crippen molar-refractivity contribution in [1.29, 1.82) is 0 Å². The molecule has 3 heterocycles. The van der Waals surface area contributed by atoms with Crippen LogP contribution >= 0.6 is 23.2 Å². The fraction of sp³-hybridized carbons (Fsp3) is 0.435. The number of nitrogens with one attached hydrogen (secondary N) is 2. The lowest BCUT2D eigenvalue weighted by molar-refractivity contribution is 0.0575. The summed E-state index contributed by atoms with van der Waals surface area (Å²) in [7, 11) is 0. The summed E-state index contributed by atoms with van der Waals surface area (Å²) in [6, 6.07) is 10.5. The van der Waals surface area contributed by atoms with Crippen molar-refractivity contribution in [2.75, 3.05) is 25.0 Å². The van der Waals surface area contributed by atoms with Crippen LogP contribution in [0.2, 0.25) is 10.3 Å². The number of nitrogens with zero attached hydrogens (tertiary/aromatic N) is 2. The van der Waals surface area contributed by atoms with Crippen LogP contribution < -0.4 is 10.6 Å². The molecule has 0 unspecified atom stereocenters. The Morgan fingerprint density at radius 3 is 2.52 bits per heavy atom. The van der Waals surface area contributed by atoms with Gasteiger partial charge in [0.15, 0.2) is 0 Å². The van der Waals surface area contributed by atoms with E-state index in [4.69, 9.17) is 23.2 Å². The van der Waals surface area contributed by atoms with Gasteiger partial charge in [-0.2, -0.15) is 0 Å². The Labute approximate surface area is 192 Å². The minimum atomic E-state index is -0.388. The Balaban J connectivity index is 1.32. The first-order valence-electron chi connectivity index (χ1n) is 10.8. The monoisotopic (exact) mass is 460 g/mol. The third-order valence-electron chi connectivity index (χ3n) is 6.22. The number of hydrogen-bond acceptors (Lipinski definition) is 4. The molecule has 0 saturated carbocycles. The molecule has 0 aliphatic carbocycles. The largest absolute Gasteiger partial charge is 0.352 e. The zero-order chi connectivity index (χ0) is 21.8. The highest BCUT2D eigenvalue weighted by Gasteiger charge is 2.32. The summed E-state index contributed by atoms with van der Waals surface area (Å²) in [5.74, 6) is 0.0470. The molecule has 0 bridgehead atoms. The molecule has 0 radical (unpaired) electrons. The fourth-order valence-corrected chi connectivity index (χ4v) is 5.06. The van der Waals surface area contributed by atoms with Gasteiger partial charge in [0.05, 0.1) is 5.56 Å². The lowest BCUT2D eigenvalue weighted by Gasteiger charge is -2.44. The maximum atomic E-state index is 12.6. The molecule has 2 atom stereocenters. The Kier molecular flexibility index (Phi) is 7.10. The van der Waals surface area contributed by atoms with Crippen LogP contribution in [0.4, 0.5) is 5.69 Å². The Morgan fingerprint density at radius 1 is 0.968 bits per heavy atom. The summed E-state index contributed by atoms with van der Waals surface area (Å²) < 4.78 is 0. The van der Waals surface area contributed by atoms with Gasteiger partial charge in [-0.25, -0.2) is 4.98 Å². The second-order valence-electron chi connectivity index (χ2n) is 8.22. The number of halogens is 2. The molecule has 2 N–H and O–H groups in total. The van der Waals surface area contributed by atoms with E-state index in [0.29, 0.717) is 29.8 Å². The van der Waals surface area contributed by atoms with E-state index in [-0.39, 0.29) is 27.7 Å². The maximum Gasteiger partial charge on any atom is 0.258 e. The molecule has 31 heavy (non-hydrogen) atoms. The molecule has 2 saturated heterocycles. The van der Waals surface area contributed by atoms with Gasteiger partial charge in [0.1, 0.15) is 10.3 Å². The van der Waals surface area contributed by atoms with Crippen molar-refractivity contribution >= 4 is 40.7 Å². The van der Waals surface area contributed by atoms with Crippen LogP contribution in [-0.4, -0.2) is 47.4 Å². The predicted octanol–water partition coefficient (Wildman–Crippen LogP) is 4.64. The van der Waals surface area contributed by atoms with E-state index in [1.807, 2.05) is 0 Å². The number of benzene rings is 1. The Morgan fingerprint density at radius 2 is 1.74 bits per heavy atom. The van der Waals surface area contributed by atoms with Gasteiger partial charge in [-0.3, -0.25) is 9.59 Å². The zero-order valence-corrected chi connectivity index (χ0v) is 18.8. The van der Waals surface area contributed by atoms with Gasteiger partial charge in [0, 0.05) is 23.8 Å². The van der Waals surface area contributed by atoms with Crippen LogP contribution in [0.3, 0.4) is 0 Å². The summed E-state index contributed by atoms with van der Waals surface area (Å²) in [6.07, 6.45) is 6.20. The van der Waals surface area contributed by atoms with Crippen LogP contribution in [-0.2, 0) is 0 Å². The van der Waals surface area contributed by atoms with Gasteiger partial charge in [-0.1, -0.05) is 29.6 Å². The molecule has 0 spiro atoms. The number of carbonyl (C=O) groups excluding carboxylic acids is 2.